The monoisotopic (exact) mass is 339 g/mol. The summed E-state index contributed by atoms with van der Waals surface area (Å²) >= 11 is 0. The minimum atomic E-state index is -3.35. The lowest BCUT2D eigenvalue weighted by atomic mass is 9.90. The maximum Gasteiger partial charge on any atom is 0.218 e. The van der Waals surface area contributed by atoms with E-state index < -0.39 is 10.0 Å². The molecule has 0 aromatic heterocycles. The Hall–Kier alpha value is -1.11. The Bertz CT molecular complexity index is 616. The molecule has 6 heteroatoms. The first-order valence-corrected chi connectivity index (χ1v) is 9.86. The highest BCUT2D eigenvalue weighted by molar-refractivity contribution is 7.88. The molecule has 1 saturated carbocycles. The van der Waals surface area contributed by atoms with Crippen molar-refractivity contribution in [2.75, 3.05) is 33.1 Å². The second-order valence-corrected chi connectivity index (χ2v) is 8.57. The van der Waals surface area contributed by atoms with Crippen molar-refractivity contribution in [2.45, 2.75) is 43.5 Å². The van der Waals surface area contributed by atoms with Crippen LogP contribution in [0.2, 0.25) is 0 Å². The zero-order chi connectivity index (χ0) is 17.0. The van der Waals surface area contributed by atoms with Crippen molar-refractivity contribution < 1.29 is 8.42 Å². The van der Waals surface area contributed by atoms with Crippen LogP contribution >= 0.6 is 0 Å². The van der Waals surface area contributed by atoms with Gasteiger partial charge in [-0.05, 0) is 31.5 Å². The van der Waals surface area contributed by atoms with Crippen molar-refractivity contribution in [3.8, 4) is 0 Å². The SMILES string of the molecule is CNC1CCCCC1N(C)S(=O)(=O)Cc1ccccc1N(C)C. The van der Waals surface area contributed by atoms with Crippen LogP contribution in [-0.4, -0.2) is 53.0 Å². The van der Waals surface area contributed by atoms with E-state index in [1.165, 1.54) is 6.42 Å². The average molecular weight is 340 g/mol. The van der Waals surface area contributed by atoms with Gasteiger partial charge in [0.1, 0.15) is 0 Å². The maximum atomic E-state index is 12.9. The van der Waals surface area contributed by atoms with Crippen LogP contribution < -0.4 is 10.2 Å². The van der Waals surface area contributed by atoms with E-state index in [1.807, 2.05) is 50.3 Å². The van der Waals surface area contributed by atoms with E-state index in [0.717, 1.165) is 30.5 Å². The van der Waals surface area contributed by atoms with Gasteiger partial charge in [-0.3, -0.25) is 0 Å². The molecule has 130 valence electrons. The molecule has 0 aliphatic heterocycles. The predicted octanol–water partition coefficient (Wildman–Crippen LogP) is 2.04. The molecule has 1 aromatic rings. The van der Waals surface area contributed by atoms with Gasteiger partial charge in [-0.25, -0.2) is 12.7 Å². The largest absolute Gasteiger partial charge is 0.377 e. The number of nitrogens with zero attached hydrogens (tertiary/aromatic N) is 2. The molecule has 0 bridgehead atoms. The highest BCUT2D eigenvalue weighted by atomic mass is 32.2. The van der Waals surface area contributed by atoms with Crippen molar-refractivity contribution >= 4 is 15.7 Å². The molecular weight excluding hydrogens is 310 g/mol. The van der Waals surface area contributed by atoms with Crippen molar-refractivity contribution in [3.05, 3.63) is 29.8 Å². The van der Waals surface area contributed by atoms with Crippen LogP contribution in [0.15, 0.2) is 24.3 Å². The Morgan fingerprint density at radius 2 is 1.78 bits per heavy atom. The fraction of sp³-hybridized carbons (Fsp3) is 0.647. The minimum Gasteiger partial charge on any atom is -0.377 e. The fourth-order valence-electron chi connectivity index (χ4n) is 3.46. The predicted molar refractivity (Wildman–Crippen MR) is 96.3 cm³/mol. The first kappa shape index (κ1) is 18.2. The number of likely N-dealkylation sites (N-methyl/N-ethyl adjacent to an activating group) is 2. The molecule has 0 saturated heterocycles. The Labute approximate surface area is 140 Å². The lowest BCUT2D eigenvalue weighted by Gasteiger charge is -2.37. The summed E-state index contributed by atoms with van der Waals surface area (Å²) in [5, 5.41) is 3.29. The Morgan fingerprint density at radius 3 is 2.43 bits per heavy atom. The molecule has 1 aromatic carbocycles. The van der Waals surface area contributed by atoms with Gasteiger partial charge in [-0.2, -0.15) is 0 Å². The molecule has 23 heavy (non-hydrogen) atoms. The number of rotatable bonds is 6. The third-order valence-corrected chi connectivity index (χ3v) is 6.64. The molecule has 2 unspecified atom stereocenters. The van der Waals surface area contributed by atoms with Gasteiger partial charge in [-0.15, -0.1) is 0 Å². The minimum absolute atomic E-state index is 0.0464. The summed E-state index contributed by atoms with van der Waals surface area (Å²) in [6, 6.07) is 7.99. The van der Waals surface area contributed by atoms with E-state index in [4.69, 9.17) is 0 Å². The molecule has 0 heterocycles. The Kier molecular flexibility index (Phi) is 6.06. The van der Waals surface area contributed by atoms with Crippen molar-refractivity contribution in [1.82, 2.24) is 9.62 Å². The first-order chi connectivity index (χ1) is 10.9. The summed E-state index contributed by atoms with van der Waals surface area (Å²) in [6.07, 6.45) is 4.22. The summed E-state index contributed by atoms with van der Waals surface area (Å²) in [7, 11) is 4.18. The molecule has 0 radical (unpaired) electrons. The quantitative estimate of drug-likeness (QED) is 0.862. The van der Waals surface area contributed by atoms with Crippen LogP contribution in [0.3, 0.4) is 0 Å². The molecule has 1 aliphatic carbocycles. The van der Waals surface area contributed by atoms with E-state index in [1.54, 1.807) is 11.4 Å². The van der Waals surface area contributed by atoms with Crippen LogP contribution in [0.25, 0.3) is 0 Å². The van der Waals surface area contributed by atoms with Gasteiger partial charge in [0.25, 0.3) is 0 Å². The van der Waals surface area contributed by atoms with Crippen LogP contribution in [0, 0.1) is 0 Å². The lowest BCUT2D eigenvalue weighted by Crippen LogP contribution is -2.51. The van der Waals surface area contributed by atoms with Crippen molar-refractivity contribution in [2.24, 2.45) is 0 Å². The van der Waals surface area contributed by atoms with E-state index in [2.05, 4.69) is 5.32 Å². The summed E-state index contributed by atoms with van der Waals surface area (Å²) < 4.78 is 27.4. The molecule has 1 fully saturated rings. The van der Waals surface area contributed by atoms with Gasteiger partial charge in [-0.1, -0.05) is 31.0 Å². The molecule has 0 amide bonds. The van der Waals surface area contributed by atoms with Gasteiger partial charge in [0.05, 0.1) is 5.75 Å². The second-order valence-electron chi connectivity index (χ2n) is 6.54. The van der Waals surface area contributed by atoms with Gasteiger partial charge < -0.3 is 10.2 Å². The van der Waals surface area contributed by atoms with Crippen LogP contribution in [0.1, 0.15) is 31.2 Å². The number of hydrogen-bond donors (Lipinski definition) is 1. The molecule has 2 atom stereocenters. The fourth-order valence-corrected chi connectivity index (χ4v) is 4.96. The number of sulfonamides is 1. The van der Waals surface area contributed by atoms with Crippen molar-refractivity contribution in [3.63, 3.8) is 0 Å². The average Bonchev–Trinajstić information content (AvgIpc) is 2.54. The molecular formula is C17H29N3O2S. The van der Waals surface area contributed by atoms with Gasteiger partial charge in [0.2, 0.25) is 10.0 Å². The topological polar surface area (TPSA) is 52.7 Å². The maximum absolute atomic E-state index is 12.9. The molecule has 1 N–H and O–H groups in total. The Morgan fingerprint density at radius 1 is 1.13 bits per heavy atom. The van der Waals surface area contributed by atoms with Crippen LogP contribution in [0.4, 0.5) is 5.69 Å². The van der Waals surface area contributed by atoms with E-state index >= 15 is 0 Å². The summed E-state index contributed by atoms with van der Waals surface area (Å²) in [4.78, 5) is 1.96. The summed E-state index contributed by atoms with van der Waals surface area (Å²) in [5.74, 6) is 0.0464. The second kappa shape index (κ2) is 7.64. The third-order valence-electron chi connectivity index (χ3n) is 4.82. The lowest BCUT2D eigenvalue weighted by molar-refractivity contribution is 0.229. The zero-order valence-electron chi connectivity index (χ0n) is 14.6. The smallest absolute Gasteiger partial charge is 0.218 e. The zero-order valence-corrected chi connectivity index (χ0v) is 15.4. The van der Waals surface area contributed by atoms with Gasteiger partial charge in [0, 0.05) is 38.9 Å². The highest BCUT2D eigenvalue weighted by Crippen LogP contribution is 2.27. The molecule has 0 spiro atoms. The van der Waals surface area contributed by atoms with E-state index in [0.29, 0.717) is 0 Å². The number of anilines is 1. The van der Waals surface area contributed by atoms with Crippen molar-refractivity contribution in [1.29, 1.82) is 0 Å². The Balaban J connectivity index is 2.21. The van der Waals surface area contributed by atoms with E-state index in [9.17, 15) is 8.42 Å². The first-order valence-electron chi connectivity index (χ1n) is 8.25. The van der Waals surface area contributed by atoms with E-state index in [-0.39, 0.29) is 17.8 Å². The molecule has 5 nitrogen and oxygen atoms in total. The summed E-state index contributed by atoms with van der Waals surface area (Å²) in [6.45, 7) is 0. The normalized spacial score (nSPS) is 22.3. The number of para-hydroxylation sites is 1. The molecule has 2 rings (SSSR count). The molecule has 1 aliphatic rings. The van der Waals surface area contributed by atoms with Gasteiger partial charge >= 0.3 is 0 Å². The van der Waals surface area contributed by atoms with Gasteiger partial charge in [0.15, 0.2) is 0 Å². The van der Waals surface area contributed by atoms with Crippen LogP contribution in [0.5, 0.6) is 0 Å². The third kappa shape index (κ3) is 4.25. The number of nitrogens with one attached hydrogen (secondary N) is 1. The van der Waals surface area contributed by atoms with Crippen LogP contribution in [-0.2, 0) is 15.8 Å². The highest BCUT2D eigenvalue weighted by Gasteiger charge is 2.33. The standard InChI is InChI=1S/C17H29N3O2S/c1-18-15-10-6-8-12-17(15)20(4)23(21,22)13-14-9-5-7-11-16(14)19(2)3/h5,7,9,11,15,17-18H,6,8,10,12-13H2,1-4H3. The number of benzene rings is 1. The summed E-state index contributed by atoms with van der Waals surface area (Å²) in [5.41, 5.74) is 1.81. The number of hydrogen-bond acceptors (Lipinski definition) is 4.